The lowest BCUT2D eigenvalue weighted by molar-refractivity contribution is 0.414. The van der Waals surface area contributed by atoms with Crippen molar-refractivity contribution in [3.8, 4) is 11.5 Å². The van der Waals surface area contributed by atoms with Crippen molar-refractivity contribution in [2.24, 2.45) is 0 Å². The van der Waals surface area contributed by atoms with Crippen molar-refractivity contribution in [1.82, 2.24) is 5.32 Å². The third-order valence-electron chi connectivity index (χ3n) is 3.91. The van der Waals surface area contributed by atoms with Crippen LogP contribution in [0.5, 0.6) is 11.5 Å². The molecule has 1 heterocycles. The van der Waals surface area contributed by atoms with Gasteiger partial charge in [-0.15, -0.1) is 0 Å². The lowest BCUT2D eigenvalue weighted by Gasteiger charge is -2.27. The number of aromatic hydroxyl groups is 1. The molecule has 1 aliphatic rings. The van der Waals surface area contributed by atoms with Gasteiger partial charge in [0, 0.05) is 11.6 Å². The Balaban J connectivity index is 1.85. The van der Waals surface area contributed by atoms with Crippen LogP contribution in [0.15, 0.2) is 42.5 Å². The average molecular weight is 269 g/mol. The number of phenols is 1. The first-order valence-electron chi connectivity index (χ1n) is 6.95. The largest absolute Gasteiger partial charge is 0.508 e. The maximum Gasteiger partial charge on any atom is 0.120 e. The van der Waals surface area contributed by atoms with Gasteiger partial charge in [-0.05, 0) is 48.7 Å². The van der Waals surface area contributed by atoms with Crippen LogP contribution in [-0.4, -0.2) is 18.8 Å². The summed E-state index contributed by atoms with van der Waals surface area (Å²) in [5.74, 6) is 1.27. The van der Waals surface area contributed by atoms with Gasteiger partial charge in [0.05, 0.1) is 7.11 Å². The predicted octanol–water partition coefficient (Wildman–Crippen LogP) is 2.83. The number of rotatable bonds is 3. The molecule has 0 saturated heterocycles. The Hall–Kier alpha value is -2.00. The maximum atomic E-state index is 10.1. The van der Waals surface area contributed by atoms with E-state index in [1.165, 1.54) is 11.1 Å². The van der Waals surface area contributed by atoms with Gasteiger partial charge in [0.15, 0.2) is 0 Å². The molecule has 2 aromatic rings. The van der Waals surface area contributed by atoms with Crippen LogP contribution in [0.25, 0.3) is 0 Å². The van der Waals surface area contributed by atoms with E-state index in [4.69, 9.17) is 4.74 Å². The molecule has 1 aliphatic heterocycles. The third-order valence-corrected chi connectivity index (χ3v) is 3.91. The van der Waals surface area contributed by atoms with Crippen molar-refractivity contribution in [2.45, 2.75) is 18.9 Å². The molecule has 1 atom stereocenters. The van der Waals surface area contributed by atoms with Crippen LogP contribution in [0.3, 0.4) is 0 Å². The van der Waals surface area contributed by atoms with E-state index < -0.39 is 0 Å². The molecule has 2 N–H and O–H groups in total. The molecular weight excluding hydrogens is 250 g/mol. The minimum atomic E-state index is 0.174. The zero-order chi connectivity index (χ0) is 13.9. The smallest absolute Gasteiger partial charge is 0.120 e. The Morgan fingerprint density at radius 2 is 2.00 bits per heavy atom. The highest BCUT2D eigenvalue weighted by Gasteiger charge is 2.22. The Kier molecular flexibility index (Phi) is 3.61. The monoisotopic (exact) mass is 269 g/mol. The summed E-state index contributed by atoms with van der Waals surface area (Å²) in [4.78, 5) is 0. The molecular formula is C17H19NO2. The standard InChI is InChI=1S/C17H19NO2/c1-20-14-7-5-12(6-8-14)11-15-17-13(9-10-18-15)3-2-4-16(17)19/h2-8,15,18-19H,9-11H2,1H3. The van der Waals surface area contributed by atoms with E-state index in [2.05, 4.69) is 23.5 Å². The van der Waals surface area contributed by atoms with Crippen LogP contribution in [0.2, 0.25) is 0 Å². The summed E-state index contributed by atoms with van der Waals surface area (Å²) in [6.07, 6.45) is 1.84. The molecule has 0 fully saturated rings. The molecule has 3 rings (SSSR count). The van der Waals surface area contributed by atoms with Crippen LogP contribution >= 0.6 is 0 Å². The zero-order valence-electron chi connectivity index (χ0n) is 11.6. The quantitative estimate of drug-likeness (QED) is 0.900. The summed E-state index contributed by atoms with van der Waals surface area (Å²) in [7, 11) is 1.67. The third kappa shape index (κ3) is 2.49. The van der Waals surface area contributed by atoms with Gasteiger partial charge in [-0.1, -0.05) is 24.3 Å². The second kappa shape index (κ2) is 5.55. The van der Waals surface area contributed by atoms with E-state index in [1.54, 1.807) is 13.2 Å². The fourth-order valence-electron chi connectivity index (χ4n) is 2.87. The van der Waals surface area contributed by atoms with Crippen LogP contribution < -0.4 is 10.1 Å². The molecule has 0 bridgehead atoms. The highest BCUT2D eigenvalue weighted by Crippen LogP contribution is 2.33. The van der Waals surface area contributed by atoms with E-state index in [1.807, 2.05) is 18.2 Å². The average Bonchev–Trinajstić information content (AvgIpc) is 2.48. The summed E-state index contributed by atoms with van der Waals surface area (Å²) < 4.78 is 5.18. The fraction of sp³-hybridized carbons (Fsp3) is 0.294. The van der Waals surface area contributed by atoms with E-state index >= 15 is 0 Å². The van der Waals surface area contributed by atoms with Crippen molar-refractivity contribution in [1.29, 1.82) is 0 Å². The Morgan fingerprint density at radius 1 is 1.20 bits per heavy atom. The van der Waals surface area contributed by atoms with Crippen LogP contribution in [0.1, 0.15) is 22.7 Å². The summed E-state index contributed by atoms with van der Waals surface area (Å²) in [6.45, 7) is 0.956. The van der Waals surface area contributed by atoms with Crippen LogP contribution in [0.4, 0.5) is 0 Å². The van der Waals surface area contributed by atoms with Crippen molar-refractivity contribution < 1.29 is 9.84 Å². The van der Waals surface area contributed by atoms with Gasteiger partial charge < -0.3 is 15.2 Å². The number of phenolic OH excluding ortho intramolecular Hbond substituents is 1. The summed E-state index contributed by atoms with van der Waals surface area (Å²) in [6, 6.07) is 14.1. The minimum absolute atomic E-state index is 0.174. The van der Waals surface area contributed by atoms with Gasteiger partial charge >= 0.3 is 0 Å². The fourth-order valence-corrected chi connectivity index (χ4v) is 2.87. The Labute approximate surface area is 119 Å². The SMILES string of the molecule is COc1ccc(CC2NCCc3cccc(O)c32)cc1. The van der Waals surface area contributed by atoms with Gasteiger partial charge in [-0.3, -0.25) is 0 Å². The summed E-state index contributed by atoms with van der Waals surface area (Å²) in [5, 5.41) is 13.6. The number of hydrogen-bond donors (Lipinski definition) is 2. The van der Waals surface area contributed by atoms with Gasteiger partial charge in [0.2, 0.25) is 0 Å². The molecule has 3 heteroatoms. The second-order valence-electron chi connectivity index (χ2n) is 5.16. The van der Waals surface area contributed by atoms with Crippen LogP contribution in [0, 0.1) is 0 Å². The maximum absolute atomic E-state index is 10.1. The first-order chi connectivity index (χ1) is 9.78. The van der Waals surface area contributed by atoms with Crippen LogP contribution in [-0.2, 0) is 12.8 Å². The van der Waals surface area contributed by atoms with Crippen molar-refractivity contribution in [3.05, 3.63) is 59.2 Å². The molecule has 1 unspecified atom stereocenters. The molecule has 0 amide bonds. The first-order valence-corrected chi connectivity index (χ1v) is 6.95. The molecule has 20 heavy (non-hydrogen) atoms. The lowest BCUT2D eigenvalue weighted by atomic mass is 9.89. The zero-order valence-corrected chi connectivity index (χ0v) is 11.6. The topological polar surface area (TPSA) is 41.5 Å². The first kappa shape index (κ1) is 13.0. The second-order valence-corrected chi connectivity index (χ2v) is 5.16. The summed E-state index contributed by atoms with van der Waals surface area (Å²) in [5.41, 5.74) is 3.54. The lowest BCUT2D eigenvalue weighted by Crippen LogP contribution is -2.31. The van der Waals surface area contributed by atoms with Crippen molar-refractivity contribution in [3.63, 3.8) is 0 Å². The predicted molar refractivity (Wildman–Crippen MR) is 79.3 cm³/mol. The molecule has 0 aromatic heterocycles. The summed E-state index contributed by atoms with van der Waals surface area (Å²) >= 11 is 0. The number of hydrogen-bond acceptors (Lipinski definition) is 3. The molecule has 0 radical (unpaired) electrons. The highest BCUT2D eigenvalue weighted by atomic mass is 16.5. The van der Waals surface area contributed by atoms with Crippen molar-refractivity contribution >= 4 is 0 Å². The highest BCUT2D eigenvalue weighted by molar-refractivity contribution is 5.44. The van der Waals surface area contributed by atoms with E-state index in [0.717, 1.165) is 30.7 Å². The number of benzene rings is 2. The van der Waals surface area contributed by atoms with Gasteiger partial charge in [-0.25, -0.2) is 0 Å². The number of fused-ring (bicyclic) bond motifs is 1. The van der Waals surface area contributed by atoms with Gasteiger partial charge in [0.25, 0.3) is 0 Å². The van der Waals surface area contributed by atoms with E-state index in [9.17, 15) is 5.11 Å². The van der Waals surface area contributed by atoms with Crippen molar-refractivity contribution in [2.75, 3.05) is 13.7 Å². The number of ether oxygens (including phenoxy) is 1. The molecule has 104 valence electrons. The minimum Gasteiger partial charge on any atom is -0.508 e. The Bertz CT molecular complexity index is 592. The van der Waals surface area contributed by atoms with E-state index in [-0.39, 0.29) is 6.04 Å². The molecule has 0 spiro atoms. The molecule has 2 aromatic carbocycles. The molecule has 3 nitrogen and oxygen atoms in total. The molecule has 0 aliphatic carbocycles. The molecule has 0 saturated carbocycles. The van der Waals surface area contributed by atoms with E-state index in [0.29, 0.717) is 5.75 Å². The number of nitrogens with one attached hydrogen (secondary N) is 1. The van der Waals surface area contributed by atoms with Gasteiger partial charge in [0.1, 0.15) is 11.5 Å². The number of methoxy groups -OCH3 is 1. The van der Waals surface area contributed by atoms with Gasteiger partial charge in [-0.2, -0.15) is 0 Å². The normalized spacial score (nSPS) is 17.6. The Morgan fingerprint density at radius 3 is 2.75 bits per heavy atom.